The van der Waals surface area contributed by atoms with Gasteiger partial charge in [-0.05, 0) is 31.0 Å². The number of amides is 1. The molecule has 1 aromatic carbocycles. The monoisotopic (exact) mass is 300 g/mol. The summed E-state index contributed by atoms with van der Waals surface area (Å²) in [5.74, 6) is 1.02. The fraction of sp³-hybridized carbons (Fsp3) is 0.438. The quantitative estimate of drug-likeness (QED) is 0.849. The Hall–Kier alpha value is -2.24. The predicted molar refractivity (Wildman–Crippen MR) is 81.0 cm³/mol. The molecule has 2 aromatic rings. The SMILES string of the molecule is O=C(C1CC1)N1CCN(c2ncnc3ccc(F)cc23)CC1. The van der Waals surface area contributed by atoms with Crippen LogP contribution in [0.4, 0.5) is 10.2 Å². The first-order valence-electron chi connectivity index (χ1n) is 7.66. The number of nitrogens with zero attached hydrogens (tertiary/aromatic N) is 4. The lowest BCUT2D eigenvalue weighted by Crippen LogP contribution is -2.49. The second kappa shape index (κ2) is 5.19. The predicted octanol–water partition coefficient (Wildman–Crippen LogP) is 1.83. The van der Waals surface area contributed by atoms with Crippen molar-refractivity contribution < 1.29 is 9.18 Å². The van der Waals surface area contributed by atoms with Gasteiger partial charge in [0.1, 0.15) is 18.0 Å². The molecule has 1 saturated heterocycles. The van der Waals surface area contributed by atoms with Crippen molar-refractivity contribution in [1.82, 2.24) is 14.9 Å². The molecule has 0 spiro atoms. The Kier molecular flexibility index (Phi) is 3.17. The molecule has 0 atom stereocenters. The molecule has 1 saturated carbocycles. The molecule has 2 fully saturated rings. The molecule has 6 heteroatoms. The van der Waals surface area contributed by atoms with Crippen LogP contribution in [0.5, 0.6) is 0 Å². The van der Waals surface area contributed by atoms with Crippen molar-refractivity contribution in [3.05, 3.63) is 30.3 Å². The summed E-state index contributed by atoms with van der Waals surface area (Å²) in [7, 11) is 0. The standard InChI is InChI=1S/C16H17FN4O/c17-12-3-4-14-13(9-12)15(19-10-18-14)20-5-7-21(8-6-20)16(22)11-1-2-11/h3-4,9-11H,1-2,5-8H2. The summed E-state index contributed by atoms with van der Waals surface area (Å²) in [5, 5.41) is 0.726. The van der Waals surface area contributed by atoms with Gasteiger partial charge in [-0.3, -0.25) is 4.79 Å². The second-order valence-corrected chi connectivity index (χ2v) is 5.95. The maximum absolute atomic E-state index is 13.5. The Labute approximate surface area is 127 Å². The summed E-state index contributed by atoms with van der Waals surface area (Å²) in [6, 6.07) is 4.56. The van der Waals surface area contributed by atoms with Gasteiger partial charge in [-0.2, -0.15) is 0 Å². The van der Waals surface area contributed by atoms with Crippen molar-refractivity contribution in [1.29, 1.82) is 0 Å². The normalized spacial score (nSPS) is 18.8. The number of carbonyl (C=O) groups excluding carboxylic acids is 1. The van der Waals surface area contributed by atoms with Crippen molar-refractivity contribution in [3.8, 4) is 0 Å². The molecule has 0 unspecified atom stereocenters. The Morgan fingerprint density at radius 2 is 1.91 bits per heavy atom. The molecule has 5 nitrogen and oxygen atoms in total. The van der Waals surface area contributed by atoms with Crippen LogP contribution in [-0.4, -0.2) is 47.0 Å². The number of halogens is 1. The number of hydrogen-bond donors (Lipinski definition) is 0. The van der Waals surface area contributed by atoms with E-state index < -0.39 is 0 Å². The van der Waals surface area contributed by atoms with E-state index in [9.17, 15) is 9.18 Å². The topological polar surface area (TPSA) is 49.3 Å². The third-order valence-corrected chi connectivity index (χ3v) is 4.39. The Morgan fingerprint density at radius 1 is 1.14 bits per heavy atom. The fourth-order valence-corrected chi connectivity index (χ4v) is 2.99. The van der Waals surface area contributed by atoms with Crippen LogP contribution in [0, 0.1) is 11.7 Å². The van der Waals surface area contributed by atoms with Crippen LogP contribution in [0.2, 0.25) is 0 Å². The first-order valence-corrected chi connectivity index (χ1v) is 7.66. The van der Waals surface area contributed by atoms with Gasteiger partial charge in [0.15, 0.2) is 0 Å². The molecule has 0 N–H and O–H groups in total. The summed E-state index contributed by atoms with van der Waals surface area (Å²) in [4.78, 5) is 24.7. The third kappa shape index (κ3) is 2.38. The van der Waals surface area contributed by atoms with Crippen molar-refractivity contribution in [2.24, 2.45) is 5.92 Å². The number of carbonyl (C=O) groups is 1. The van der Waals surface area contributed by atoms with Gasteiger partial charge in [-0.1, -0.05) is 0 Å². The maximum Gasteiger partial charge on any atom is 0.225 e. The van der Waals surface area contributed by atoms with E-state index in [1.807, 2.05) is 4.90 Å². The number of rotatable bonds is 2. The minimum absolute atomic E-state index is 0.264. The highest BCUT2D eigenvalue weighted by Gasteiger charge is 2.34. The van der Waals surface area contributed by atoms with E-state index in [1.54, 1.807) is 6.07 Å². The van der Waals surface area contributed by atoms with E-state index in [0.717, 1.165) is 42.7 Å². The lowest BCUT2D eigenvalue weighted by molar-refractivity contribution is -0.132. The minimum atomic E-state index is -0.286. The van der Waals surface area contributed by atoms with Crippen molar-refractivity contribution >= 4 is 22.6 Å². The Balaban J connectivity index is 1.56. The first kappa shape index (κ1) is 13.4. The van der Waals surface area contributed by atoms with Gasteiger partial charge in [-0.15, -0.1) is 0 Å². The summed E-state index contributed by atoms with van der Waals surface area (Å²) in [6.45, 7) is 2.86. The lowest BCUT2D eigenvalue weighted by atomic mass is 10.2. The Bertz CT molecular complexity index is 723. The molecule has 0 bridgehead atoms. The van der Waals surface area contributed by atoms with Gasteiger partial charge in [0.05, 0.1) is 5.52 Å². The maximum atomic E-state index is 13.5. The van der Waals surface area contributed by atoms with Crippen molar-refractivity contribution in [2.45, 2.75) is 12.8 Å². The Morgan fingerprint density at radius 3 is 2.64 bits per heavy atom. The molecule has 1 aromatic heterocycles. The number of aromatic nitrogens is 2. The number of hydrogen-bond acceptors (Lipinski definition) is 4. The third-order valence-electron chi connectivity index (χ3n) is 4.39. The zero-order valence-electron chi connectivity index (χ0n) is 12.2. The fourth-order valence-electron chi connectivity index (χ4n) is 2.99. The second-order valence-electron chi connectivity index (χ2n) is 5.95. The van der Waals surface area contributed by atoms with Gasteiger partial charge in [-0.25, -0.2) is 14.4 Å². The number of anilines is 1. The van der Waals surface area contributed by atoms with E-state index in [0.29, 0.717) is 19.0 Å². The highest BCUT2D eigenvalue weighted by Crippen LogP contribution is 2.32. The average Bonchev–Trinajstić information content (AvgIpc) is 3.39. The smallest absolute Gasteiger partial charge is 0.225 e. The molecule has 4 rings (SSSR count). The highest BCUT2D eigenvalue weighted by atomic mass is 19.1. The number of piperazine rings is 1. The molecule has 0 radical (unpaired) electrons. The van der Waals surface area contributed by atoms with E-state index >= 15 is 0 Å². The molecule has 1 aliphatic heterocycles. The zero-order chi connectivity index (χ0) is 15.1. The molecule has 114 valence electrons. The molecule has 22 heavy (non-hydrogen) atoms. The molecule has 2 heterocycles. The zero-order valence-corrected chi connectivity index (χ0v) is 12.2. The van der Waals surface area contributed by atoms with Gasteiger partial charge in [0, 0.05) is 37.5 Å². The van der Waals surface area contributed by atoms with Crippen LogP contribution >= 0.6 is 0 Å². The summed E-state index contributed by atoms with van der Waals surface area (Å²) in [6.07, 6.45) is 3.58. The lowest BCUT2D eigenvalue weighted by Gasteiger charge is -2.35. The van der Waals surface area contributed by atoms with Crippen LogP contribution in [0.25, 0.3) is 10.9 Å². The van der Waals surface area contributed by atoms with Crippen molar-refractivity contribution in [2.75, 3.05) is 31.1 Å². The summed E-state index contributed by atoms with van der Waals surface area (Å²) in [5.41, 5.74) is 0.739. The van der Waals surface area contributed by atoms with Crippen LogP contribution in [0.1, 0.15) is 12.8 Å². The van der Waals surface area contributed by atoms with Crippen LogP contribution in [0.15, 0.2) is 24.5 Å². The largest absolute Gasteiger partial charge is 0.352 e. The van der Waals surface area contributed by atoms with Crippen LogP contribution in [0.3, 0.4) is 0 Å². The van der Waals surface area contributed by atoms with E-state index in [1.165, 1.54) is 18.5 Å². The molecule has 1 aliphatic carbocycles. The minimum Gasteiger partial charge on any atom is -0.352 e. The van der Waals surface area contributed by atoms with Gasteiger partial charge < -0.3 is 9.80 Å². The van der Waals surface area contributed by atoms with Gasteiger partial charge in [0.2, 0.25) is 5.91 Å². The van der Waals surface area contributed by atoms with Gasteiger partial charge >= 0.3 is 0 Å². The van der Waals surface area contributed by atoms with E-state index in [2.05, 4.69) is 14.9 Å². The van der Waals surface area contributed by atoms with E-state index in [-0.39, 0.29) is 11.7 Å². The van der Waals surface area contributed by atoms with Gasteiger partial charge in [0.25, 0.3) is 0 Å². The van der Waals surface area contributed by atoms with Crippen LogP contribution in [-0.2, 0) is 4.79 Å². The molecular weight excluding hydrogens is 283 g/mol. The molecular formula is C16H17FN4O. The molecule has 1 amide bonds. The van der Waals surface area contributed by atoms with E-state index in [4.69, 9.17) is 0 Å². The summed E-state index contributed by atoms with van der Waals surface area (Å²) >= 11 is 0. The summed E-state index contributed by atoms with van der Waals surface area (Å²) < 4.78 is 13.5. The number of benzene rings is 1. The van der Waals surface area contributed by atoms with Crippen molar-refractivity contribution in [3.63, 3.8) is 0 Å². The van der Waals surface area contributed by atoms with Crippen LogP contribution < -0.4 is 4.90 Å². The molecule has 2 aliphatic rings. The first-order chi connectivity index (χ1) is 10.7. The highest BCUT2D eigenvalue weighted by molar-refractivity contribution is 5.89. The average molecular weight is 300 g/mol. The number of fused-ring (bicyclic) bond motifs is 1.